The minimum absolute atomic E-state index is 0.0254. The second-order valence-corrected chi connectivity index (χ2v) is 9.65. The highest BCUT2D eigenvalue weighted by Gasteiger charge is 2.49. The van der Waals surface area contributed by atoms with Gasteiger partial charge in [-0.15, -0.1) is 9.99 Å². The zero-order chi connectivity index (χ0) is 29.5. The zero-order valence-corrected chi connectivity index (χ0v) is 21.4. The number of H-pyrrole nitrogens is 1. The lowest BCUT2D eigenvalue weighted by Crippen LogP contribution is -2.54. The molecule has 2 N–H and O–H groups in total. The number of halogens is 7. The molecule has 0 aliphatic carbocycles. The predicted molar refractivity (Wildman–Crippen MR) is 124 cm³/mol. The second-order valence-electron chi connectivity index (χ2n) is 8.77. The van der Waals surface area contributed by atoms with E-state index in [0.29, 0.717) is 12.1 Å². The first-order chi connectivity index (χ1) is 18.6. The monoisotopic (exact) mass is 597 g/mol. The van der Waals surface area contributed by atoms with E-state index in [1.54, 1.807) is 0 Å². The molecule has 1 aliphatic heterocycles. The van der Waals surface area contributed by atoms with Crippen molar-refractivity contribution in [2.75, 3.05) is 26.3 Å². The van der Waals surface area contributed by atoms with E-state index in [9.17, 15) is 45.0 Å². The first kappa shape index (κ1) is 29.8. The number of morpholine rings is 1. The lowest BCUT2D eigenvalue weighted by atomic mass is 9.97. The van der Waals surface area contributed by atoms with Gasteiger partial charge in [0, 0.05) is 27.7 Å². The molecule has 0 saturated carbocycles. The van der Waals surface area contributed by atoms with Crippen LogP contribution in [0.3, 0.4) is 0 Å². The Balaban J connectivity index is 1.95. The fraction of sp³-hybridized carbons (Fsp3) is 0.391. The standard InChI is InChI=1S/C23H20F7N4O5P/c1-13(14-10-16(22(25,26)27)12-17(11-14)23(28,29)30)39-21(33-6-8-38-9-7-33,15-2-4-18(24)5-3-15)19-31-20(35)34(32-19)40(36)37/h2-5,10-13H,6-9H2,1H3,(H-,31,32,35,36,37)/p+1/t13-,21?/m1/s1. The van der Waals surface area contributed by atoms with E-state index in [1.807, 2.05) is 0 Å². The van der Waals surface area contributed by atoms with Crippen molar-refractivity contribution in [1.82, 2.24) is 19.4 Å². The van der Waals surface area contributed by atoms with Crippen LogP contribution in [0.25, 0.3) is 0 Å². The van der Waals surface area contributed by atoms with Crippen LogP contribution in [0, 0.1) is 5.82 Å². The van der Waals surface area contributed by atoms with Crippen molar-refractivity contribution in [2.24, 2.45) is 0 Å². The van der Waals surface area contributed by atoms with Crippen LogP contribution < -0.4 is 5.69 Å². The van der Waals surface area contributed by atoms with E-state index in [1.165, 1.54) is 24.0 Å². The highest BCUT2D eigenvalue weighted by Crippen LogP contribution is 2.43. The van der Waals surface area contributed by atoms with E-state index in [0.717, 1.165) is 12.1 Å². The quantitative estimate of drug-likeness (QED) is 0.304. The summed E-state index contributed by atoms with van der Waals surface area (Å²) in [5.74, 6) is -1.10. The van der Waals surface area contributed by atoms with Crippen LogP contribution >= 0.6 is 8.18 Å². The van der Waals surface area contributed by atoms with Gasteiger partial charge in [-0.05, 0) is 42.8 Å². The van der Waals surface area contributed by atoms with E-state index >= 15 is 0 Å². The summed E-state index contributed by atoms with van der Waals surface area (Å²) in [7, 11) is -3.33. The average molecular weight is 597 g/mol. The summed E-state index contributed by atoms with van der Waals surface area (Å²) in [5.41, 5.74) is -6.81. The Kier molecular flexibility index (Phi) is 8.20. The number of aromatic nitrogens is 3. The molecule has 2 heterocycles. The number of ether oxygens (including phenoxy) is 2. The Hall–Kier alpha value is -3.17. The van der Waals surface area contributed by atoms with Gasteiger partial charge < -0.3 is 9.47 Å². The van der Waals surface area contributed by atoms with Gasteiger partial charge in [-0.2, -0.15) is 26.3 Å². The van der Waals surface area contributed by atoms with Gasteiger partial charge in [-0.1, -0.05) is 12.1 Å². The van der Waals surface area contributed by atoms with Gasteiger partial charge in [0.05, 0.1) is 30.4 Å². The molecule has 3 atom stereocenters. The van der Waals surface area contributed by atoms with Crippen LogP contribution in [0.4, 0.5) is 30.7 Å². The maximum atomic E-state index is 13.9. The molecule has 216 valence electrons. The SMILES string of the molecule is C[C@@H](OC(c1ccc(F)cc1)(c1nn([P+](=O)O)c(=O)[nH]1)N1CCOCC1)c1cc(C(F)(F)F)cc(C(F)(F)F)c1. The van der Waals surface area contributed by atoms with Crippen molar-refractivity contribution in [3.8, 4) is 0 Å². The molecule has 0 amide bonds. The largest absolute Gasteiger partial charge is 0.670 e. The van der Waals surface area contributed by atoms with Crippen molar-refractivity contribution >= 4 is 8.18 Å². The molecule has 0 bridgehead atoms. The molecule has 9 nitrogen and oxygen atoms in total. The third-order valence-electron chi connectivity index (χ3n) is 6.20. The van der Waals surface area contributed by atoms with Crippen LogP contribution in [-0.4, -0.2) is 50.6 Å². The number of benzene rings is 2. The first-order valence-corrected chi connectivity index (χ1v) is 12.7. The normalized spacial score (nSPS) is 17.9. The molecule has 1 aliphatic rings. The third-order valence-corrected chi connectivity index (χ3v) is 6.80. The van der Waals surface area contributed by atoms with Crippen LogP contribution in [0.15, 0.2) is 47.3 Å². The number of nitrogens with zero attached hydrogens (tertiary/aromatic N) is 3. The fourth-order valence-electron chi connectivity index (χ4n) is 4.34. The van der Waals surface area contributed by atoms with E-state index in [2.05, 4.69) is 10.1 Å². The van der Waals surface area contributed by atoms with Crippen LogP contribution in [0.2, 0.25) is 0 Å². The van der Waals surface area contributed by atoms with Crippen molar-refractivity contribution in [3.05, 3.63) is 86.8 Å². The molecule has 1 fully saturated rings. The number of hydrogen-bond donors (Lipinski definition) is 2. The van der Waals surface area contributed by atoms with Crippen LogP contribution in [-0.2, 0) is 32.1 Å². The van der Waals surface area contributed by atoms with Crippen molar-refractivity contribution in [3.63, 3.8) is 0 Å². The maximum Gasteiger partial charge on any atom is 0.670 e. The summed E-state index contributed by atoms with van der Waals surface area (Å²) in [6.45, 7) is 1.50. The van der Waals surface area contributed by atoms with E-state index < -0.39 is 66.4 Å². The van der Waals surface area contributed by atoms with Gasteiger partial charge in [0.15, 0.2) is 5.82 Å². The summed E-state index contributed by atoms with van der Waals surface area (Å²) in [4.78, 5) is 25.8. The molecule has 1 saturated heterocycles. The van der Waals surface area contributed by atoms with Gasteiger partial charge in [-0.3, -0.25) is 9.88 Å². The van der Waals surface area contributed by atoms with Gasteiger partial charge in [0.25, 0.3) is 0 Å². The van der Waals surface area contributed by atoms with E-state index in [-0.39, 0.29) is 42.4 Å². The van der Waals surface area contributed by atoms with Crippen molar-refractivity contribution in [2.45, 2.75) is 31.1 Å². The van der Waals surface area contributed by atoms with Crippen molar-refractivity contribution in [1.29, 1.82) is 0 Å². The average Bonchev–Trinajstić information content (AvgIpc) is 3.29. The minimum atomic E-state index is -5.12. The van der Waals surface area contributed by atoms with Gasteiger partial charge in [0.1, 0.15) is 5.82 Å². The molecule has 4 rings (SSSR count). The maximum absolute atomic E-state index is 13.9. The smallest absolute Gasteiger partial charge is 0.379 e. The summed E-state index contributed by atoms with van der Waals surface area (Å²) < 4.78 is 119. The molecule has 40 heavy (non-hydrogen) atoms. The molecule has 17 heteroatoms. The number of nitrogens with one attached hydrogen (secondary N) is 1. The summed E-state index contributed by atoms with van der Waals surface area (Å²) in [5, 5.41) is 3.87. The second kappa shape index (κ2) is 11.0. The highest BCUT2D eigenvalue weighted by atomic mass is 31.1. The Morgan fingerprint density at radius 2 is 1.55 bits per heavy atom. The molecular weight excluding hydrogens is 576 g/mol. The molecule has 1 aromatic heterocycles. The molecule has 2 unspecified atom stereocenters. The Morgan fingerprint density at radius 1 is 1.00 bits per heavy atom. The van der Waals surface area contributed by atoms with E-state index in [4.69, 9.17) is 9.47 Å². The summed E-state index contributed by atoms with van der Waals surface area (Å²) in [6.07, 6.45) is -11.8. The molecule has 0 radical (unpaired) electrons. The fourth-order valence-corrected chi connectivity index (χ4v) is 4.72. The summed E-state index contributed by atoms with van der Waals surface area (Å²) in [6, 6.07) is 5.46. The molecule has 2 aromatic carbocycles. The lowest BCUT2D eigenvalue weighted by molar-refractivity contribution is -0.189. The number of alkyl halides is 6. The number of hydrogen-bond acceptors (Lipinski definition) is 6. The topological polar surface area (TPSA) is 110 Å². The predicted octanol–water partition coefficient (Wildman–Crippen LogP) is 4.56. The van der Waals surface area contributed by atoms with Crippen molar-refractivity contribution < 1.29 is 49.7 Å². The summed E-state index contributed by atoms with van der Waals surface area (Å²) >= 11 is 0. The van der Waals surface area contributed by atoms with Gasteiger partial charge in [-0.25, -0.2) is 9.18 Å². The van der Waals surface area contributed by atoms with Crippen LogP contribution in [0.5, 0.6) is 0 Å². The molecule has 0 spiro atoms. The third kappa shape index (κ3) is 5.95. The molecule has 3 aromatic rings. The number of aromatic amines is 1. The van der Waals surface area contributed by atoms with Gasteiger partial charge in [0.2, 0.25) is 5.72 Å². The zero-order valence-electron chi connectivity index (χ0n) is 20.5. The lowest BCUT2D eigenvalue weighted by Gasteiger charge is -2.45. The van der Waals surface area contributed by atoms with Gasteiger partial charge >= 0.3 is 26.2 Å². The van der Waals surface area contributed by atoms with Crippen LogP contribution in [0.1, 0.15) is 41.1 Å². The number of rotatable bonds is 7. The Labute approximate surface area is 222 Å². The molecular formula is C23H21F7N4O5P+. The Morgan fingerprint density at radius 3 is 2.02 bits per heavy atom. The minimum Gasteiger partial charge on any atom is -0.379 e. The highest BCUT2D eigenvalue weighted by molar-refractivity contribution is 7.35. The first-order valence-electron chi connectivity index (χ1n) is 11.5. The Bertz CT molecular complexity index is 1400.